The molecule has 0 amide bonds. The Morgan fingerprint density at radius 1 is 1.28 bits per heavy atom. The van der Waals surface area contributed by atoms with Crippen LogP contribution in [0.4, 0.5) is 0 Å². The Labute approximate surface area is 110 Å². The van der Waals surface area contributed by atoms with E-state index in [-0.39, 0.29) is 0 Å². The highest BCUT2D eigenvalue weighted by molar-refractivity contribution is 7.89. The summed E-state index contributed by atoms with van der Waals surface area (Å²) in [5.74, 6) is 0. The van der Waals surface area contributed by atoms with E-state index in [0.29, 0.717) is 24.5 Å². The van der Waals surface area contributed by atoms with Crippen molar-refractivity contribution in [3.05, 3.63) is 29.8 Å². The van der Waals surface area contributed by atoms with E-state index in [2.05, 4.69) is 4.72 Å². The van der Waals surface area contributed by atoms with Crippen LogP contribution in [-0.4, -0.2) is 28.7 Å². The second-order valence-electron chi connectivity index (χ2n) is 3.56. The lowest BCUT2D eigenvalue weighted by atomic mass is 10.2. The van der Waals surface area contributed by atoms with Gasteiger partial charge in [0.25, 0.3) is 0 Å². The van der Waals surface area contributed by atoms with Crippen molar-refractivity contribution in [2.24, 2.45) is 0 Å². The number of rotatable bonds is 6. The van der Waals surface area contributed by atoms with Crippen molar-refractivity contribution in [1.29, 1.82) is 0 Å². The first kappa shape index (κ1) is 17.1. The molecule has 1 aromatic carbocycles. The average molecular weight is 273 g/mol. The Morgan fingerprint density at radius 2 is 1.94 bits per heavy atom. The number of methoxy groups -OCH3 is 1. The highest BCUT2D eigenvalue weighted by Crippen LogP contribution is 2.10. The summed E-state index contributed by atoms with van der Waals surface area (Å²) in [6, 6.07) is 6.84. The fraction of sp³-hybridized carbons (Fsp3) is 0.538. The Kier molecular flexibility index (Phi) is 8.62. The highest BCUT2D eigenvalue weighted by Gasteiger charge is 2.12. The van der Waals surface area contributed by atoms with Gasteiger partial charge in [-0.25, -0.2) is 13.1 Å². The van der Waals surface area contributed by atoms with Crippen molar-refractivity contribution in [1.82, 2.24) is 4.72 Å². The molecule has 18 heavy (non-hydrogen) atoms. The minimum atomic E-state index is -3.37. The molecule has 5 heteroatoms. The molecule has 0 spiro atoms. The topological polar surface area (TPSA) is 55.4 Å². The predicted octanol–water partition coefficient (Wildman–Crippen LogP) is 2.34. The van der Waals surface area contributed by atoms with Gasteiger partial charge in [0.2, 0.25) is 10.0 Å². The van der Waals surface area contributed by atoms with Crippen LogP contribution >= 0.6 is 0 Å². The molecule has 0 aliphatic rings. The molecule has 4 nitrogen and oxygen atoms in total. The Morgan fingerprint density at radius 3 is 2.50 bits per heavy atom. The van der Waals surface area contributed by atoms with Crippen LogP contribution in [0.5, 0.6) is 0 Å². The first-order valence-corrected chi connectivity index (χ1v) is 7.60. The van der Waals surface area contributed by atoms with E-state index in [1.54, 1.807) is 25.3 Å². The predicted molar refractivity (Wildman–Crippen MR) is 74.2 cm³/mol. The van der Waals surface area contributed by atoms with Crippen molar-refractivity contribution in [3.63, 3.8) is 0 Å². The normalized spacial score (nSPS) is 10.7. The first-order valence-electron chi connectivity index (χ1n) is 6.11. The zero-order chi connectivity index (χ0) is 14.0. The maximum Gasteiger partial charge on any atom is 0.240 e. The smallest absolute Gasteiger partial charge is 0.240 e. The fourth-order valence-corrected chi connectivity index (χ4v) is 2.47. The van der Waals surface area contributed by atoms with Crippen molar-refractivity contribution in [2.45, 2.75) is 32.1 Å². The van der Waals surface area contributed by atoms with Crippen LogP contribution in [0, 0.1) is 6.92 Å². The minimum Gasteiger partial charge on any atom is -0.385 e. The summed E-state index contributed by atoms with van der Waals surface area (Å²) in [4.78, 5) is 0.310. The summed E-state index contributed by atoms with van der Waals surface area (Å²) >= 11 is 0. The first-order chi connectivity index (χ1) is 8.56. The quantitative estimate of drug-likeness (QED) is 0.809. The lowest BCUT2D eigenvalue weighted by molar-refractivity contribution is 0.196. The Balaban J connectivity index is 0.00000137. The van der Waals surface area contributed by atoms with E-state index < -0.39 is 10.0 Å². The van der Waals surface area contributed by atoms with Crippen LogP contribution in [0.2, 0.25) is 0 Å². The summed E-state index contributed by atoms with van der Waals surface area (Å²) in [7, 11) is -1.78. The van der Waals surface area contributed by atoms with Crippen LogP contribution < -0.4 is 4.72 Å². The highest BCUT2D eigenvalue weighted by atomic mass is 32.2. The largest absolute Gasteiger partial charge is 0.385 e. The van der Waals surface area contributed by atoms with Gasteiger partial charge >= 0.3 is 0 Å². The molecule has 0 unspecified atom stereocenters. The third-order valence-electron chi connectivity index (χ3n) is 2.12. The lowest BCUT2D eigenvalue weighted by Crippen LogP contribution is -2.25. The van der Waals surface area contributed by atoms with E-state index in [1.807, 2.05) is 26.8 Å². The molecule has 0 radical (unpaired) electrons. The van der Waals surface area contributed by atoms with Crippen LogP contribution in [0.1, 0.15) is 25.8 Å². The summed E-state index contributed by atoms with van der Waals surface area (Å²) in [6.45, 7) is 6.81. The van der Waals surface area contributed by atoms with Gasteiger partial charge in [0.1, 0.15) is 0 Å². The Hall–Kier alpha value is -0.910. The molecule has 0 heterocycles. The summed E-state index contributed by atoms with van der Waals surface area (Å²) in [5, 5.41) is 0. The van der Waals surface area contributed by atoms with Gasteiger partial charge in [-0.1, -0.05) is 26.0 Å². The number of nitrogens with one attached hydrogen (secondary N) is 1. The van der Waals surface area contributed by atoms with Crippen molar-refractivity contribution < 1.29 is 13.2 Å². The second kappa shape index (κ2) is 9.08. The minimum absolute atomic E-state index is 0.310. The van der Waals surface area contributed by atoms with Crippen LogP contribution in [0.3, 0.4) is 0 Å². The van der Waals surface area contributed by atoms with Gasteiger partial charge in [0.05, 0.1) is 4.90 Å². The zero-order valence-electron chi connectivity index (χ0n) is 11.6. The molecular weight excluding hydrogens is 250 g/mol. The zero-order valence-corrected chi connectivity index (χ0v) is 12.4. The van der Waals surface area contributed by atoms with E-state index in [9.17, 15) is 8.42 Å². The lowest BCUT2D eigenvalue weighted by Gasteiger charge is -2.06. The van der Waals surface area contributed by atoms with Gasteiger partial charge in [-0.15, -0.1) is 0 Å². The second-order valence-corrected chi connectivity index (χ2v) is 5.33. The molecule has 0 saturated carbocycles. The third-order valence-corrected chi connectivity index (χ3v) is 3.58. The van der Waals surface area contributed by atoms with Crippen LogP contribution in [0.15, 0.2) is 29.2 Å². The summed E-state index contributed by atoms with van der Waals surface area (Å²) in [6.07, 6.45) is 0.668. The number of sulfonamides is 1. The molecule has 1 aromatic rings. The number of hydrogen-bond donors (Lipinski definition) is 1. The van der Waals surface area contributed by atoms with Gasteiger partial charge in [0.15, 0.2) is 0 Å². The molecule has 1 N–H and O–H groups in total. The molecular formula is C13H23NO3S. The maximum absolute atomic E-state index is 11.8. The number of hydrogen-bond acceptors (Lipinski definition) is 3. The fourth-order valence-electron chi connectivity index (χ4n) is 1.29. The number of aryl methyl sites for hydroxylation is 1. The van der Waals surface area contributed by atoms with Crippen LogP contribution in [0.25, 0.3) is 0 Å². The van der Waals surface area contributed by atoms with E-state index in [4.69, 9.17) is 4.74 Å². The van der Waals surface area contributed by atoms with Gasteiger partial charge in [-0.2, -0.15) is 0 Å². The molecule has 0 fully saturated rings. The molecule has 0 aliphatic carbocycles. The van der Waals surface area contributed by atoms with Crippen molar-refractivity contribution in [3.8, 4) is 0 Å². The van der Waals surface area contributed by atoms with Crippen molar-refractivity contribution in [2.75, 3.05) is 20.3 Å². The maximum atomic E-state index is 11.8. The molecule has 0 aromatic heterocycles. The standard InChI is InChI=1S/C11H17NO3S.C2H6/c1-10-5-3-6-11(9-10)16(13,14)12-7-4-8-15-2;1-2/h3,5-6,9,12H,4,7-8H2,1-2H3;1-2H3. The van der Waals surface area contributed by atoms with Gasteiger partial charge < -0.3 is 4.74 Å². The summed E-state index contributed by atoms with van der Waals surface area (Å²) < 4.78 is 31.0. The monoisotopic (exact) mass is 273 g/mol. The molecule has 104 valence electrons. The SMILES string of the molecule is CC.COCCCNS(=O)(=O)c1cccc(C)c1. The molecule has 0 aliphatic heterocycles. The van der Waals surface area contributed by atoms with E-state index in [0.717, 1.165) is 5.56 Å². The molecule has 0 saturated heterocycles. The average Bonchev–Trinajstić information content (AvgIpc) is 2.37. The molecule has 0 bridgehead atoms. The molecule has 0 atom stereocenters. The van der Waals surface area contributed by atoms with Gasteiger partial charge in [-0.3, -0.25) is 0 Å². The Bertz CT molecular complexity index is 430. The van der Waals surface area contributed by atoms with Crippen LogP contribution in [-0.2, 0) is 14.8 Å². The van der Waals surface area contributed by atoms with Gasteiger partial charge in [0, 0.05) is 20.3 Å². The number of ether oxygens (including phenoxy) is 1. The van der Waals surface area contributed by atoms with Crippen molar-refractivity contribution >= 4 is 10.0 Å². The van der Waals surface area contributed by atoms with E-state index in [1.165, 1.54) is 0 Å². The third kappa shape index (κ3) is 6.14. The summed E-state index contributed by atoms with van der Waals surface area (Å²) in [5.41, 5.74) is 0.930. The van der Waals surface area contributed by atoms with E-state index >= 15 is 0 Å². The number of benzene rings is 1. The van der Waals surface area contributed by atoms with Gasteiger partial charge in [-0.05, 0) is 31.0 Å². The molecule has 1 rings (SSSR count).